The summed E-state index contributed by atoms with van der Waals surface area (Å²) in [6.07, 6.45) is 13.7. The summed E-state index contributed by atoms with van der Waals surface area (Å²) in [5.41, 5.74) is 3.84. The molecule has 0 aliphatic rings. The fourth-order valence-electron chi connectivity index (χ4n) is 1.82. The van der Waals surface area contributed by atoms with Gasteiger partial charge in [0.15, 0.2) is 5.78 Å². The third-order valence-corrected chi connectivity index (χ3v) is 2.90. The molecule has 118 valence electrons. The van der Waals surface area contributed by atoms with Crippen molar-refractivity contribution >= 4 is 5.78 Å². The molecule has 0 aromatic rings. The van der Waals surface area contributed by atoms with Crippen LogP contribution in [0.3, 0.4) is 0 Å². The Hall–Kier alpha value is -1.43. The van der Waals surface area contributed by atoms with Gasteiger partial charge in [-0.1, -0.05) is 45.1 Å². The van der Waals surface area contributed by atoms with E-state index >= 15 is 0 Å². The standard InChI is InChI=1S/C14H27NO.NO3/c1-2-14(16)12-10-8-6-4-3-5-7-9-11-13-15;2-1(3)4/h2H,1,3-13,15H2;/q;-1/p+1. The maximum absolute atomic E-state index is 10.9. The lowest BCUT2D eigenvalue weighted by Crippen LogP contribution is -2.50. The minimum atomic E-state index is -1.75. The van der Waals surface area contributed by atoms with E-state index in [4.69, 9.17) is 15.3 Å². The Labute approximate surface area is 121 Å². The third kappa shape index (κ3) is 25.4. The van der Waals surface area contributed by atoms with E-state index in [0.717, 1.165) is 13.0 Å². The predicted molar refractivity (Wildman–Crippen MR) is 79.5 cm³/mol. The molecule has 0 aromatic heterocycles. The summed E-state index contributed by atoms with van der Waals surface area (Å²) < 4.78 is 0. The molecule has 6 nitrogen and oxygen atoms in total. The minimum Gasteiger partial charge on any atom is -0.358 e. The lowest BCUT2D eigenvalue weighted by atomic mass is 10.1. The first kappa shape index (κ1) is 20.9. The molecule has 20 heavy (non-hydrogen) atoms. The minimum absolute atomic E-state index is 0.188. The molecule has 0 aliphatic carbocycles. The van der Waals surface area contributed by atoms with Crippen LogP contribution in [0.4, 0.5) is 0 Å². The third-order valence-electron chi connectivity index (χ3n) is 2.90. The number of ketones is 1. The van der Waals surface area contributed by atoms with Crippen molar-refractivity contribution in [1.29, 1.82) is 0 Å². The predicted octanol–water partition coefficient (Wildman–Crippen LogP) is 2.65. The number of unbranched alkanes of at least 4 members (excludes halogenated alkanes) is 8. The molecule has 0 aromatic carbocycles. The number of allylic oxidation sites excluding steroid dienone is 1. The number of rotatable bonds is 12. The first-order valence-electron chi connectivity index (χ1n) is 7.30. The smallest absolute Gasteiger partial charge is 0.155 e. The van der Waals surface area contributed by atoms with Gasteiger partial charge in [-0.3, -0.25) is 4.79 Å². The number of nitrogens with zero attached hydrogens (tertiary/aromatic N) is 1. The van der Waals surface area contributed by atoms with E-state index < -0.39 is 5.09 Å². The zero-order valence-electron chi connectivity index (χ0n) is 12.3. The lowest BCUT2D eigenvalue weighted by Gasteiger charge is -2.01. The Kier molecular flexibility index (Phi) is 18.3. The van der Waals surface area contributed by atoms with E-state index in [9.17, 15) is 4.79 Å². The maximum Gasteiger partial charge on any atom is 0.155 e. The molecule has 0 spiro atoms. The molecule has 0 amide bonds. The molecule has 0 saturated heterocycles. The van der Waals surface area contributed by atoms with Crippen LogP contribution in [0, 0.1) is 15.3 Å². The molecule has 0 fully saturated rings. The van der Waals surface area contributed by atoms with Gasteiger partial charge in [0.2, 0.25) is 0 Å². The first-order chi connectivity index (χ1) is 9.54. The molecule has 0 aliphatic heterocycles. The Morgan fingerprint density at radius 3 is 1.65 bits per heavy atom. The lowest BCUT2D eigenvalue weighted by molar-refractivity contribution is -0.402. The fraction of sp³-hybridized carbons (Fsp3) is 0.786. The molecule has 0 atom stereocenters. The Bertz CT molecular complexity index is 254. The molecular formula is C14H28N2O4. The number of hydrogen-bond acceptors (Lipinski definition) is 4. The van der Waals surface area contributed by atoms with E-state index in [1.165, 1.54) is 57.4 Å². The largest absolute Gasteiger partial charge is 0.358 e. The SMILES string of the molecule is C=CC(=O)CCCCCCCCCCC[NH3+].O=[N+]([O-])[O-]. The topological polar surface area (TPSA) is 111 Å². The van der Waals surface area contributed by atoms with Crippen molar-refractivity contribution in [3.05, 3.63) is 28.0 Å². The highest BCUT2D eigenvalue weighted by molar-refractivity contribution is 5.88. The quantitative estimate of drug-likeness (QED) is 0.257. The summed E-state index contributed by atoms with van der Waals surface area (Å²) in [6.45, 7) is 4.55. The molecule has 0 saturated carbocycles. The van der Waals surface area contributed by atoms with Gasteiger partial charge in [-0.2, -0.15) is 0 Å². The van der Waals surface area contributed by atoms with Crippen molar-refractivity contribution in [3.8, 4) is 0 Å². The van der Waals surface area contributed by atoms with Crippen LogP contribution in [0.25, 0.3) is 0 Å². The number of carbonyl (C=O) groups is 1. The van der Waals surface area contributed by atoms with E-state index in [1.54, 1.807) is 0 Å². The van der Waals surface area contributed by atoms with E-state index in [0.29, 0.717) is 6.42 Å². The number of quaternary nitrogens is 1. The summed E-state index contributed by atoms with van der Waals surface area (Å²) in [5.74, 6) is 0.188. The average Bonchev–Trinajstić information content (AvgIpc) is 2.40. The van der Waals surface area contributed by atoms with Gasteiger partial charge in [-0.15, -0.1) is 0 Å². The van der Waals surface area contributed by atoms with Crippen LogP contribution in [0.5, 0.6) is 0 Å². The zero-order chi connectivity index (χ0) is 15.6. The van der Waals surface area contributed by atoms with Gasteiger partial charge < -0.3 is 21.1 Å². The van der Waals surface area contributed by atoms with E-state index in [2.05, 4.69) is 12.3 Å². The molecule has 0 rings (SSSR count). The van der Waals surface area contributed by atoms with Crippen LogP contribution in [-0.2, 0) is 4.79 Å². The Morgan fingerprint density at radius 1 is 0.950 bits per heavy atom. The molecule has 3 N–H and O–H groups in total. The fourth-order valence-corrected chi connectivity index (χ4v) is 1.82. The summed E-state index contributed by atoms with van der Waals surface area (Å²) >= 11 is 0. The van der Waals surface area contributed by atoms with Crippen LogP contribution in [0.2, 0.25) is 0 Å². The highest BCUT2D eigenvalue weighted by atomic mass is 16.9. The Morgan fingerprint density at radius 2 is 1.30 bits per heavy atom. The highest BCUT2D eigenvalue weighted by Crippen LogP contribution is 2.10. The van der Waals surface area contributed by atoms with Crippen LogP contribution in [-0.4, -0.2) is 17.4 Å². The van der Waals surface area contributed by atoms with Crippen LogP contribution < -0.4 is 5.73 Å². The van der Waals surface area contributed by atoms with Crippen molar-refractivity contribution in [2.45, 2.75) is 64.2 Å². The van der Waals surface area contributed by atoms with Gasteiger partial charge in [-0.05, 0) is 25.3 Å². The molecule has 6 heteroatoms. The second-order valence-corrected chi connectivity index (χ2v) is 4.68. The van der Waals surface area contributed by atoms with Gasteiger partial charge in [0.25, 0.3) is 0 Å². The zero-order valence-corrected chi connectivity index (χ0v) is 12.3. The van der Waals surface area contributed by atoms with Crippen LogP contribution >= 0.6 is 0 Å². The number of hydrogen-bond donors (Lipinski definition) is 1. The van der Waals surface area contributed by atoms with Crippen molar-refractivity contribution in [1.82, 2.24) is 0 Å². The molecule has 0 unspecified atom stereocenters. The first-order valence-corrected chi connectivity index (χ1v) is 7.30. The maximum atomic E-state index is 10.9. The number of carbonyl (C=O) groups excluding carboxylic acids is 1. The van der Waals surface area contributed by atoms with Crippen molar-refractivity contribution in [2.24, 2.45) is 0 Å². The Balaban J connectivity index is 0. The van der Waals surface area contributed by atoms with E-state index in [1.807, 2.05) is 0 Å². The molecule has 0 heterocycles. The molecular weight excluding hydrogens is 260 g/mol. The normalized spacial score (nSPS) is 9.45. The van der Waals surface area contributed by atoms with Crippen LogP contribution in [0.1, 0.15) is 64.2 Å². The van der Waals surface area contributed by atoms with Crippen molar-refractivity contribution in [3.63, 3.8) is 0 Å². The van der Waals surface area contributed by atoms with Crippen LogP contribution in [0.15, 0.2) is 12.7 Å². The van der Waals surface area contributed by atoms with E-state index in [-0.39, 0.29) is 5.78 Å². The summed E-state index contributed by atoms with van der Waals surface area (Å²) in [5, 5.41) is 14.8. The summed E-state index contributed by atoms with van der Waals surface area (Å²) in [7, 11) is 0. The monoisotopic (exact) mass is 288 g/mol. The van der Waals surface area contributed by atoms with Gasteiger partial charge in [0.1, 0.15) is 0 Å². The van der Waals surface area contributed by atoms with Gasteiger partial charge >= 0.3 is 0 Å². The second-order valence-electron chi connectivity index (χ2n) is 4.68. The average molecular weight is 288 g/mol. The molecule has 0 bridgehead atoms. The van der Waals surface area contributed by atoms with Gasteiger partial charge in [-0.25, -0.2) is 0 Å². The van der Waals surface area contributed by atoms with Crippen molar-refractivity contribution in [2.75, 3.05) is 6.54 Å². The van der Waals surface area contributed by atoms with Gasteiger partial charge in [0, 0.05) is 6.42 Å². The second kappa shape index (κ2) is 17.6. The molecule has 0 radical (unpaired) electrons. The highest BCUT2D eigenvalue weighted by Gasteiger charge is 1.96. The van der Waals surface area contributed by atoms with Crippen molar-refractivity contribution < 1.29 is 15.6 Å². The summed E-state index contributed by atoms with van der Waals surface area (Å²) in [4.78, 5) is 19.2. The summed E-state index contributed by atoms with van der Waals surface area (Å²) in [6, 6.07) is 0. The van der Waals surface area contributed by atoms with Gasteiger partial charge in [0.05, 0.1) is 11.6 Å².